The monoisotopic (exact) mass is 580 g/mol. The summed E-state index contributed by atoms with van der Waals surface area (Å²) in [6.07, 6.45) is -15.9. The molecule has 0 bridgehead atoms. The van der Waals surface area contributed by atoms with Crippen LogP contribution in [0, 0.1) is 0 Å². The Morgan fingerprint density at radius 1 is 0.919 bits per heavy atom. The number of alkyl halides is 10. The summed E-state index contributed by atoms with van der Waals surface area (Å²) in [6, 6.07) is 5.27. The third-order valence-corrected chi connectivity index (χ3v) is 5.06. The molecule has 0 aromatic heterocycles. The number of para-hydroxylation sites is 1. The van der Waals surface area contributed by atoms with Gasteiger partial charge in [-0.3, -0.25) is 4.55 Å². The van der Waals surface area contributed by atoms with Crippen LogP contribution in [0.1, 0.15) is 12.8 Å². The summed E-state index contributed by atoms with van der Waals surface area (Å²) in [5.41, 5.74) is -2.56. The minimum absolute atomic E-state index is 0.685. The third-order valence-electron chi connectivity index (χ3n) is 4.11. The van der Waals surface area contributed by atoms with E-state index in [-0.39, 0.29) is 0 Å². The first-order chi connectivity index (χ1) is 16.5. The maximum atomic E-state index is 13.9. The van der Waals surface area contributed by atoms with Crippen LogP contribution in [-0.4, -0.2) is 60.8 Å². The number of hydrogen-bond donors (Lipinski definition) is 1. The smallest absolute Gasteiger partial charge is 0.421 e. The molecule has 1 aromatic rings. The molecule has 0 saturated heterocycles. The molecule has 1 unspecified atom stereocenters. The molecule has 1 atom stereocenters. The van der Waals surface area contributed by atoms with Gasteiger partial charge in [0.25, 0.3) is 0 Å². The van der Waals surface area contributed by atoms with E-state index < -0.39 is 82.1 Å². The Morgan fingerprint density at radius 3 is 1.86 bits per heavy atom. The summed E-state index contributed by atoms with van der Waals surface area (Å²) in [7, 11) is -6.70. The number of esters is 2. The molecule has 0 aliphatic rings. The van der Waals surface area contributed by atoms with E-state index in [2.05, 4.69) is 20.8 Å². The Labute approximate surface area is 200 Å². The van der Waals surface area contributed by atoms with Crippen molar-refractivity contribution in [3.63, 3.8) is 0 Å². The zero-order chi connectivity index (χ0) is 29.1. The lowest BCUT2D eigenvalue weighted by molar-refractivity contribution is -0.353. The van der Waals surface area contributed by atoms with Crippen LogP contribution in [-0.2, 0) is 29.2 Å². The Kier molecular flexibility index (Phi) is 9.39. The number of benzene rings is 1. The van der Waals surface area contributed by atoms with Crippen LogP contribution in [0.2, 0.25) is 0 Å². The molecule has 19 heteroatoms. The number of carbonyl (C=O) groups excluding carboxylic acids is 2. The van der Waals surface area contributed by atoms with Gasteiger partial charge in [0.1, 0.15) is 11.3 Å². The van der Waals surface area contributed by atoms with Crippen molar-refractivity contribution in [3.05, 3.63) is 42.5 Å². The summed E-state index contributed by atoms with van der Waals surface area (Å²) in [5.74, 6) is -17.0. The molecule has 8 nitrogen and oxygen atoms in total. The highest BCUT2D eigenvalue weighted by atomic mass is 32.2. The zero-order valence-corrected chi connectivity index (χ0v) is 18.5. The van der Waals surface area contributed by atoms with Crippen molar-refractivity contribution in [1.29, 1.82) is 0 Å². The van der Waals surface area contributed by atoms with Crippen molar-refractivity contribution in [2.75, 3.05) is 6.61 Å². The van der Waals surface area contributed by atoms with Gasteiger partial charge in [-0.1, -0.05) is 24.8 Å². The van der Waals surface area contributed by atoms with Crippen molar-refractivity contribution in [1.82, 2.24) is 0 Å². The Bertz CT molecular complexity index is 1100. The largest absolute Gasteiger partial charge is 0.468 e. The lowest BCUT2D eigenvalue weighted by atomic mass is 10.2. The first-order valence-electron chi connectivity index (χ1n) is 9.20. The number of halogens is 10. The van der Waals surface area contributed by atoms with Crippen LogP contribution in [0.4, 0.5) is 43.9 Å². The molecule has 210 valence electrons. The van der Waals surface area contributed by atoms with Crippen LogP contribution in [0.15, 0.2) is 42.5 Å². The average Bonchev–Trinajstić information content (AvgIpc) is 2.73. The molecule has 0 amide bonds. The maximum absolute atomic E-state index is 13.9. The lowest BCUT2D eigenvalue weighted by Crippen LogP contribution is -2.59. The molecule has 0 radical (unpaired) electrons. The number of hydrogen-bond acceptors (Lipinski definition) is 7. The topological polar surface area (TPSA) is 116 Å². The molecule has 37 heavy (non-hydrogen) atoms. The van der Waals surface area contributed by atoms with Gasteiger partial charge in [-0.05, 0) is 18.6 Å². The van der Waals surface area contributed by atoms with E-state index in [1.54, 1.807) is 0 Å². The van der Waals surface area contributed by atoms with Gasteiger partial charge in [-0.25, -0.2) is 9.59 Å². The molecule has 0 heterocycles. The summed E-state index contributed by atoms with van der Waals surface area (Å²) >= 11 is 0. The van der Waals surface area contributed by atoms with E-state index >= 15 is 0 Å². The predicted molar refractivity (Wildman–Crippen MR) is 98.8 cm³/mol. The van der Waals surface area contributed by atoms with E-state index in [1.807, 2.05) is 0 Å². The van der Waals surface area contributed by atoms with Crippen LogP contribution in [0.5, 0.6) is 5.75 Å². The van der Waals surface area contributed by atoms with Crippen molar-refractivity contribution in [2.24, 2.45) is 0 Å². The van der Waals surface area contributed by atoms with E-state index in [0.717, 1.165) is 24.3 Å². The molecule has 0 aliphatic carbocycles. The number of carbonyl (C=O) groups is 2. The summed E-state index contributed by atoms with van der Waals surface area (Å²) < 4.78 is 174. The van der Waals surface area contributed by atoms with Crippen LogP contribution in [0.25, 0.3) is 0 Å². The highest BCUT2D eigenvalue weighted by molar-refractivity contribution is 7.87. The Hall–Kier alpha value is -2.93. The normalized spacial score (nSPS) is 15.0. The van der Waals surface area contributed by atoms with Gasteiger partial charge >= 0.3 is 51.4 Å². The summed E-state index contributed by atoms with van der Waals surface area (Å²) in [6.45, 7) is 0.308. The van der Waals surface area contributed by atoms with E-state index in [9.17, 15) is 61.9 Å². The minimum Gasteiger partial charge on any atom is -0.421 e. The van der Waals surface area contributed by atoms with Crippen molar-refractivity contribution in [2.45, 2.75) is 42.2 Å². The molecule has 0 saturated carbocycles. The molecule has 0 fully saturated rings. The second-order valence-corrected chi connectivity index (χ2v) is 8.29. The first kappa shape index (κ1) is 32.1. The van der Waals surface area contributed by atoms with Gasteiger partial charge in [0.15, 0.2) is 0 Å². The highest BCUT2D eigenvalue weighted by Gasteiger charge is 2.69. The van der Waals surface area contributed by atoms with Crippen LogP contribution < -0.4 is 4.74 Å². The van der Waals surface area contributed by atoms with Crippen LogP contribution in [0.3, 0.4) is 0 Å². The van der Waals surface area contributed by atoms with E-state index in [1.165, 1.54) is 6.07 Å². The molecule has 0 aliphatic heterocycles. The second kappa shape index (κ2) is 10.8. The van der Waals surface area contributed by atoms with Crippen LogP contribution >= 0.6 is 0 Å². The SMILES string of the molecule is C=C(C(=O)OC(OCCCC(F)(F)C(F)(F)S(=O)(=O)O)(C(=O)Oc1ccccc1)C(F)(F)F)C(F)(F)F. The Morgan fingerprint density at radius 2 is 1.43 bits per heavy atom. The fourth-order valence-electron chi connectivity index (χ4n) is 2.20. The summed E-state index contributed by atoms with van der Waals surface area (Å²) in [5, 5.41) is -6.11. The first-order valence-corrected chi connectivity index (χ1v) is 10.6. The van der Waals surface area contributed by atoms with Gasteiger partial charge in [0.2, 0.25) is 0 Å². The van der Waals surface area contributed by atoms with Gasteiger partial charge in [-0.2, -0.15) is 52.3 Å². The van der Waals surface area contributed by atoms with E-state index in [4.69, 9.17) is 4.55 Å². The molecule has 0 spiro atoms. The van der Waals surface area contributed by atoms with Gasteiger partial charge in [0, 0.05) is 6.42 Å². The maximum Gasteiger partial charge on any atom is 0.468 e. The molecular weight excluding hydrogens is 566 g/mol. The highest BCUT2D eigenvalue weighted by Crippen LogP contribution is 2.42. The molecule has 1 rings (SSSR count). The number of rotatable bonds is 11. The zero-order valence-electron chi connectivity index (χ0n) is 17.7. The van der Waals surface area contributed by atoms with Gasteiger partial charge in [0.05, 0.1) is 6.61 Å². The minimum atomic E-state index is -6.70. The molecular formula is C18H14F10O8S. The molecule has 1 N–H and O–H groups in total. The quantitative estimate of drug-likeness (QED) is 0.0778. The van der Waals surface area contributed by atoms with E-state index in [0.29, 0.717) is 0 Å². The fourth-order valence-corrected chi connectivity index (χ4v) is 2.68. The average molecular weight is 580 g/mol. The Balaban J connectivity index is 3.33. The van der Waals surface area contributed by atoms with Crippen molar-refractivity contribution in [3.8, 4) is 5.75 Å². The third kappa shape index (κ3) is 7.31. The van der Waals surface area contributed by atoms with Crippen molar-refractivity contribution >= 4 is 22.1 Å². The van der Waals surface area contributed by atoms with Gasteiger partial charge in [-0.15, -0.1) is 0 Å². The van der Waals surface area contributed by atoms with Gasteiger partial charge < -0.3 is 14.2 Å². The second-order valence-electron chi connectivity index (χ2n) is 6.83. The lowest BCUT2D eigenvalue weighted by Gasteiger charge is -2.32. The standard InChI is InChI=1S/C18H14F10O8S/c1-10(16(21,22)23)12(29)36-15(17(24,25)26,13(30)35-11-6-3-2-4-7-11)34-9-5-8-14(19,20)18(27,28)37(31,32)33/h2-4,6-7H,1,5,8-9H2,(H,31,32,33). The fraction of sp³-hybridized carbons (Fsp3) is 0.444. The summed E-state index contributed by atoms with van der Waals surface area (Å²) in [4.78, 5) is 24.0. The number of ether oxygens (including phenoxy) is 3. The van der Waals surface area contributed by atoms with Crippen molar-refractivity contribution < 1.29 is 80.7 Å². The molecule has 1 aromatic carbocycles. The predicted octanol–water partition coefficient (Wildman–Crippen LogP) is 4.43.